The predicted molar refractivity (Wildman–Crippen MR) is 82.4 cm³/mol. The number of hydrogen-bond acceptors (Lipinski definition) is 2. The van der Waals surface area contributed by atoms with Crippen LogP contribution in [0.5, 0.6) is 0 Å². The predicted octanol–water partition coefficient (Wildman–Crippen LogP) is 3.33. The van der Waals surface area contributed by atoms with E-state index >= 15 is 0 Å². The van der Waals surface area contributed by atoms with E-state index in [0.717, 1.165) is 0 Å². The minimum absolute atomic E-state index is 0.144. The number of nitrogens with zero attached hydrogens (tertiary/aromatic N) is 1. The van der Waals surface area contributed by atoms with Crippen molar-refractivity contribution in [1.29, 1.82) is 0 Å². The van der Waals surface area contributed by atoms with Crippen molar-refractivity contribution >= 4 is 41.2 Å². The summed E-state index contributed by atoms with van der Waals surface area (Å²) in [5.74, 6) is -1.28. The Labute approximate surface area is 133 Å². The minimum Gasteiger partial charge on any atom is -0.481 e. The number of halogens is 2. The molecule has 1 heterocycles. The number of amides is 1. The van der Waals surface area contributed by atoms with E-state index in [2.05, 4.69) is 0 Å². The lowest BCUT2D eigenvalue weighted by Crippen LogP contribution is -2.39. The monoisotopic (exact) mass is 327 g/mol. The Morgan fingerprint density at radius 3 is 2.52 bits per heavy atom. The van der Waals surface area contributed by atoms with E-state index in [1.807, 2.05) is 0 Å². The molecule has 4 nitrogen and oxygen atoms in total. The van der Waals surface area contributed by atoms with Crippen LogP contribution in [0.3, 0.4) is 0 Å². The number of piperidine rings is 1. The van der Waals surface area contributed by atoms with Crippen molar-refractivity contribution in [3.63, 3.8) is 0 Å². The smallest absolute Gasteiger partial charge is 0.306 e. The van der Waals surface area contributed by atoms with Crippen molar-refractivity contribution < 1.29 is 14.7 Å². The first-order valence-corrected chi connectivity index (χ1v) is 7.38. The summed E-state index contributed by atoms with van der Waals surface area (Å²) >= 11 is 11.9. The topological polar surface area (TPSA) is 57.6 Å². The summed E-state index contributed by atoms with van der Waals surface area (Å²) in [5, 5.41) is 9.78. The summed E-state index contributed by atoms with van der Waals surface area (Å²) in [4.78, 5) is 24.6. The first-order valence-electron chi connectivity index (χ1n) is 6.63. The molecule has 1 aliphatic heterocycles. The van der Waals surface area contributed by atoms with E-state index in [4.69, 9.17) is 28.3 Å². The number of benzene rings is 1. The van der Waals surface area contributed by atoms with Gasteiger partial charge in [0.05, 0.1) is 16.0 Å². The molecule has 1 aromatic carbocycles. The largest absolute Gasteiger partial charge is 0.481 e. The molecule has 0 bridgehead atoms. The molecular formula is C15H15Cl2NO3. The van der Waals surface area contributed by atoms with Gasteiger partial charge in [0.1, 0.15) is 0 Å². The molecule has 112 valence electrons. The number of carboxylic acid groups (broad SMARTS) is 1. The van der Waals surface area contributed by atoms with Gasteiger partial charge in [-0.25, -0.2) is 0 Å². The molecular weight excluding hydrogens is 313 g/mol. The van der Waals surface area contributed by atoms with Crippen LogP contribution < -0.4 is 0 Å². The Bertz CT molecular complexity index is 578. The van der Waals surface area contributed by atoms with E-state index < -0.39 is 5.97 Å². The third kappa shape index (κ3) is 3.99. The van der Waals surface area contributed by atoms with Crippen molar-refractivity contribution in [2.45, 2.75) is 12.8 Å². The number of rotatable bonds is 3. The molecule has 6 heteroatoms. The molecule has 1 saturated heterocycles. The molecule has 2 rings (SSSR count). The van der Waals surface area contributed by atoms with E-state index in [0.29, 0.717) is 41.5 Å². The molecule has 0 aromatic heterocycles. The second-order valence-electron chi connectivity index (χ2n) is 4.91. The first kappa shape index (κ1) is 15.9. The van der Waals surface area contributed by atoms with Crippen LogP contribution in [0, 0.1) is 5.92 Å². The zero-order valence-electron chi connectivity index (χ0n) is 11.3. The Kier molecular flexibility index (Phi) is 5.26. The third-order valence-corrected chi connectivity index (χ3v) is 4.38. The molecule has 0 unspecified atom stereocenters. The Balaban J connectivity index is 1.97. The molecule has 0 saturated carbocycles. The zero-order chi connectivity index (χ0) is 15.4. The van der Waals surface area contributed by atoms with Crippen molar-refractivity contribution in [3.05, 3.63) is 39.9 Å². The van der Waals surface area contributed by atoms with Crippen LogP contribution in [0.4, 0.5) is 0 Å². The van der Waals surface area contributed by atoms with Crippen LogP contribution in [0.2, 0.25) is 10.0 Å². The van der Waals surface area contributed by atoms with E-state index in [1.165, 1.54) is 6.08 Å². The number of likely N-dealkylation sites (tertiary alicyclic amines) is 1. The molecule has 1 fully saturated rings. The summed E-state index contributed by atoms with van der Waals surface area (Å²) in [6.07, 6.45) is 4.05. The molecule has 0 aliphatic carbocycles. The summed E-state index contributed by atoms with van der Waals surface area (Å²) in [5.41, 5.74) is 0.679. The minimum atomic E-state index is -0.789. The Hall–Kier alpha value is -1.52. The molecule has 1 N–H and O–H groups in total. The van der Waals surface area contributed by atoms with Crippen LogP contribution in [-0.2, 0) is 9.59 Å². The van der Waals surface area contributed by atoms with Crippen molar-refractivity contribution in [3.8, 4) is 0 Å². The van der Waals surface area contributed by atoms with Crippen LogP contribution in [-0.4, -0.2) is 35.0 Å². The van der Waals surface area contributed by atoms with Gasteiger partial charge in [-0.1, -0.05) is 35.3 Å². The van der Waals surface area contributed by atoms with Gasteiger partial charge in [0.25, 0.3) is 0 Å². The van der Waals surface area contributed by atoms with Gasteiger partial charge in [0.15, 0.2) is 0 Å². The highest BCUT2D eigenvalue weighted by atomic mass is 35.5. The van der Waals surface area contributed by atoms with Gasteiger partial charge < -0.3 is 10.0 Å². The summed E-state index contributed by atoms with van der Waals surface area (Å²) in [6.45, 7) is 0.923. The fourth-order valence-corrected chi connectivity index (χ4v) is 2.63. The van der Waals surface area contributed by atoms with Gasteiger partial charge in [0.2, 0.25) is 5.91 Å². The standard InChI is InChI=1S/C15H15Cl2NO3/c16-12-3-1-2-10(14(12)17)4-5-13(19)18-8-6-11(7-9-18)15(20)21/h1-5,11H,6-9H2,(H,20,21)/b5-4+. The van der Waals surface area contributed by atoms with Crippen LogP contribution in [0.15, 0.2) is 24.3 Å². The fraction of sp³-hybridized carbons (Fsp3) is 0.333. The maximum Gasteiger partial charge on any atom is 0.306 e. The van der Waals surface area contributed by atoms with Crippen molar-refractivity contribution in [2.24, 2.45) is 5.92 Å². The average molecular weight is 328 g/mol. The van der Waals surface area contributed by atoms with Crippen LogP contribution in [0.1, 0.15) is 18.4 Å². The highest BCUT2D eigenvalue weighted by molar-refractivity contribution is 6.42. The fourth-order valence-electron chi connectivity index (χ4n) is 2.26. The molecule has 1 aromatic rings. The first-order chi connectivity index (χ1) is 9.99. The summed E-state index contributed by atoms with van der Waals surface area (Å²) in [7, 11) is 0. The van der Waals surface area contributed by atoms with Gasteiger partial charge in [-0.15, -0.1) is 0 Å². The van der Waals surface area contributed by atoms with Gasteiger partial charge >= 0.3 is 5.97 Å². The number of carbonyl (C=O) groups is 2. The molecule has 0 atom stereocenters. The zero-order valence-corrected chi connectivity index (χ0v) is 12.8. The molecule has 1 aliphatic rings. The second kappa shape index (κ2) is 6.96. The molecule has 0 spiro atoms. The highest BCUT2D eigenvalue weighted by Gasteiger charge is 2.25. The molecule has 0 radical (unpaired) electrons. The Morgan fingerprint density at radius 2 is 1.90 bits per heavy atom. The lowest BCUT2D eigenvalue weighted by Gasteiger charge is -2.29. The SMILES string of the molecule is O=C(O)C1CCN(C(=O)/C=C/c2cccc(Cl)c2Cl)CC1. The van der Waals surface area contributed by atoms with Gasteiger partial charge in [-0.2, -0.15) is 0 Å². The quantitative estimate of drug-likeness (QED) is 0.866. The van der Waals surface area contributed by atoms with Gasteiger partial charge in [-0.3, -0.25) is 9.59 Å². The lowest BCUT2D eigenvalue weighted by molar-refractivity contribution is -0.144. The molecule has 1 amide bonds. The van der Waals surface area contributed by atoms with Crippen molar-refractivity contribution in [2.75, 3.05) is 13.1 Å². The van der Waals surface area contributed by atoms with Gasteiger partial charge in [0, 0.05) is 19.2 Å². The van der Waals surface area contributed by atoms with Crippen LogP contribution in [0.25, 0.3) is 6.08 Å². The number of hydrogen-bond donors (Lipinski definition) is 1. The highest BCUT2D eigenvalue weighted by Crippen LogP contribution is 2.26. The number of aliphatic carboxylic acids is 1. The summed E-state index contributed by atoms with van der Waals surface area (Å²) in [6, 6.07) is 5.21. The Morgan fingerprint density at radius 1 is 1.24 bits per heavy atom. The van der Waals surface area contributed by atoms with E-state index in [-0.39, 0.29) is 11.8 Å². The number of carboxylic acids is 1. The maximum atomic E-state index is 12.1. The summed E-state index contributed by atoms with van der Waals surface area (Å²) < 4.78 is 0. The van der Waals surface area contributed by atoms with Gasteiger partial charge in [-0.05, 0) is 30.5 Å². The molecule has 21 heavy (non-hydrogen) atoms. The van der Waals surface area contributed by atoms with E-state index in [1.54, 1.807) is 29.2 Å². The number of carbonyl (C=O) groups excluding carboxylic acids is 1. The third-order valence-electron chi connectivity index (χ3n) is 3.54. The van der Waals surface area contributed by atoms with E-state index in [9.17, 15) is 9.59 Å². The average Bonchev–Trinajstić information content (AvgIpc) is 2.48. The normalized spacial score (nSPS) is 16.4. The maximum absolute atomic E-state index is 12.1. The van der Waals surface area contributed by atoms with Crippen molar-refractivity contribution in [1.82, 2.24) is 4.90 Å². The van der Waals surface area contributed by atoms with Crippen LogP contribution >= 0.6 is 23.2 Å². The lowest BCUT2D eigenvalue weighted by atomic mass is 9.97. The second-order valence-corrected chi connectivity index (χ2v) is 5.70.